The average Bonchev–Trinajstić information content (AvgIpc) is 3.37. The molecule has 3 heterocycles. The first kappa shape index (κ1) is 20.1. The highest BCUT2D eigenvalue weighted by Crippen LogP contribution is 2.39. The predicted molar refractivity (Wildman–Crippen MR) is 121 cm³/mol. The number of H-pyrrole nitrogens is 1. The van der Waals surface area contributed by atoms with Crippen molar-refractivity contribution in [2.24, 2.45) is 0 Å². The van der Waals surface area contributed by atoms with Gasteiger partial charge in [0.15, 0.2) is 0 Å². The Balaban J connectivity index is 1.33. The highest BCUT2D eigenvalue weighted by Gasteiger charge is 2.44. The maximum Gasteiger partial charge on any atom is 0.338 e. The van der Waals surface area contributed by atoms with Crippen molar-refractivity contribution in [2.75, 3.05) is 39.4 Å². The topological polar surface area (TPSA) is 66.6 Å². The molecule has 3 aromatic rings. The number of aromatic amines is 1. The number of rotatable bonds is 6. The van der Waals surface area contributed by atoms with Crippen LogP contribution >= 0.6 is 0 Å². The molecule has 1 unspecified atom stereocenters. The Bertz CT molecular complexity index is 1080. The lowest BCUT2D eigenvalue weighted by Gasteiger charge is -2.35. The summed E-state index contributed by atoms with van der Waals surface area (Å²) < 4.78 is 11.1. The molecule has 1 atom stereocenters. The van der Waals surface area contributed by atoms with Crippen LogP contribution in [-0.2, 0) is 16.7 Å². The lowest BCUT2D eigenvalue weighted by Crippen LogP contribution is -2.49. The second-order valence-electron chi connectivity index (χ2n) is 8.41. The Labute approximate surface area is 182 Å². The summed E-state index contributed by atoms with van der Waals surface area (Å²) >= 11 is 0. The monoisotopic (exact) mass is 419 g/mol. The summed E-state index contributed by atoms with van der Waals surface area (Å²) in [4.78, 5) is 18.4. The number of hydrogen-bond donors (Lipinski definition) is 2. The van der Waals surface area contributed by atoms with Crippen LogP contribution in [0.2, 0.25) is 0 Å². The van der Waals surface area contributed by atoms with E-state index in [4.69, 9.17) is 9.47 Å². The number of likely N-dealkylation sites (tertiary alicyclic amines) is 1. The zero-order valence-electron chi connectivity index (χ0n) is 17.9. The molecule has 0 bridgehead atoms. The molecular weight excluding hydrogens is 390 g/mol. The minimum absolute atomic E-state index is 0.0660. The number of fused-ring (bicyclic) bond motifs is 4. The zero-order valence-corrected chi connectivity index (χ0v) is 17.9. The molecule has 2 aliphatic rings. The van der Waals surface area contributed by atoms with Crippen LogP contribution in [0.1, 0.15) is 35.0 Å². The van der Waals surface area contributed by atoms with Crippen LogP contribution in [-0.4, -0.2) is 55.2 Å². The van der Waals surface area contributed by atoms with Gasteiger partial charge in [-0.1, -0.05) is 18.2 Å². The third-order valence-electron chi connectivity index (χ3n) is 6.50. The van der Waals surface area contributed by atoms with Gasteiger partial charge in [-0.25, -0.2) is 4.79 Å². The van der Waals surface area contributed by atoms with Gasteiger partial charge in [0, 0.05) is 42.8 Å². The number of nitrogens with zero attached hydrogens (tertiary/aromatic N) is 1. The molecule has 2 N–H and O–H groups in total. The Morgan fingerprint density at radius 3 is 2.90 bits per heavy atom. The number of para-hydroxylation sites is 1. The maximum absolute atomic E-state index is 12.2. The van der Waals surface area contributed by atoms with E-state index in [1.54, 1.807) is 0 Å². The molecule has 0 amide bonds. The SMILES string of the molecule is CCOC(=O)c1ccc2[nH]c3c(c2c1)CCNC31CCN(CCOc2ccccc2)C1. The zero-order chi connectivity index (χ0) is 21.3. The van der Waals surface area contributed by atoms with E-state index < -0.39 is 0 Å². The number of nitrogens with one attached hydrogen (secondary N) is 2. The Kier molecular flexibility index (Phi) is 5.42. The van der Waals surface area contributed by atoms with Crippen LogP contribution in [0.15, 0.2) is 48.5 Å². The van der Waals surface area contributed by atoms with Crippen molar-refractivity contribution in [1.82, 2.24) is 15.2 Å². The minimum atomic E-state index is -0.256. The lowest BCUT2D eigenvalue weighted by molar-refractivity contribution is 0.0526. The van der Waals surface area contributed by atoms with Gasteiger partial charge in [0.25, 0.3) is 0 Å². The molecule has 6 nitrogen and oxygen atoms in total. The number of esters is 1. The first-order valence-corrected chi connectivity index (χ1v) is 11.2. The molecule has 0 saturated carbocycles. The highest BCUT2D eigenvalue weighted by molar-refractivity contribution is 5.96. The molecule has 0 radical (unpaired) electrons. The fourth-order valence-electron chi connectivity index (χ4n) is 5.01. The van der Waals surface area contributed by atoms with Crippen molar-refractivity contribution in [1.29, 1.82) is 0 Å². The number of carbonyl (C=O) groups excluding carboxylic acids is 1. The standard InChI is InChI=1S/C25H29N3O3/c1-2-30-24(29)18-8-9-22-21(16-18)20-10-12-26-25(23(20)27-22)11-13-28(17-25)14-15-31-19-6-4-3-5-7-19/h3-9,16,26-27H,2,10-15,17H2,1H3. The molecule has 5 rings (SSSR count). The van der Waals surface area contributed by atoms with Gasteiger partial charge in [-0.2, -0.15) is 0 Å². The summed E-state index contributed by atoms with van der Waals surface area (Å²) in [6, 6.07) is 15.8. The van der Waals surface area contributed by atoms with E-state index in [0.29, 0.717) is 18.8 Å². The molecular formula is C25H29N3O3. The van der Waals surface area contributed by atoms with Gasteiger partial charge in [0.2, 0.25) is 0 Å². The van der Waals surface area contributed by atoms with Crippen molar-refractivity contribution in [3.05, 3.63) is 65.4 Å². The van der Waals surface area contributed by atoms with Crippen molar-refractivity contribution >= 4 is 16.9 Å². The Hall–Kier alpha value is -2.83. The van der Waals surface area contributed by atoms with E-state index in [1.165, 1.54) is 11.3 Å². The van der Waals surface area contributed by atoms with Gasteiger partial charge in [-0.15, -0.1) is 0 Å². The number of aromatic nitrogens is 1. The number of hydrogen-bond acceptors (Lipinski definition) is 5. The van der Waals surface area contributed by atoms with Crippen LogP contribution in [0.4, 0.5) is 0 Å². The van der Waals surface area contributed by atoms with Gasteiger partial charge in [-0.05, 0) is 55.7 Å². The van der Waals surface area contributed by atoms with Crippen molar-refractivity contribution in [2.45, 2.75) is 25.3 Å². The molecule has 2 aromatic carbocycles. The fourth-order valence-corrected chi connectivity index (χ4v) is 5.01. The normalized spacial score (nSPS) is 20.8. The van der Waals surface area contributed by atoms with Gasteiger partial charge in [0.1, 0.15) is 12.4 Å². The van der Waals surface area contributed by atoms with E-state index in [1.807, 2.05) is 55.5 Å². The molecule has 0 aliphatic carbocycles. The third kappa shape index (κ3) is 3.82. The van der Waals surface area contributed by atoms with Gasteiger partial charge >= 0.3 is 5.97 Å². The summed E-state index contributed by atoms with van der Waals surface area (Å²) in [7, 11) is 0. The summed E-state index contributed by atoms with van der Waals surface area (Å²) in [5, 5.41) is 4.95. The lowest BCUT2D eigenvalue weighted by atomic mass is 9.86. The number of ether oxygens (including phenoxy) is 2. The molecule has 1 saturated heterocycles. The number of carbonyl (C=O) groups is 1. The van der Waals surface area contributed by atoms with Gasteiger partial charge in [-0.3, -0.25) is 4.90 Å². The summed E-state index contributed by atoms with van der Waals surface area (Å²) in [5.41, 5.74) is 4.26. The van der Waals surface area contributed by atoms with E-state index >= 15 is 0 Å². The van der Waals surface area contributed by atoms with Crippen LogP contribution < -0.4 is 10.1 Å². The quantitative estimate of drug-likeness (QED) is 0.599. The van der Waals surface area contributed by atoms with E-state index in [9.17, 15) is 4.79 Å². The van der Waals surface area contributed by atoms with Gasteiger partial charge < -0.3 is 19.8 Å². The first-order chi connectivity index (χ1) is 15.2. The Morgan fingerprint density at radius 1 is 1.19 bits per heavy atom. The van der Waals surface area contributed by atoms with E-state index in [2.05, 4.69) is 15.2 Å². The average molecular weight is 420 g/mol. The van der Waals surface area contributed by atoms with E-state index in [0.717, 1.165) is 55.7 Å². The maximum atomic E-state index is 12.2. The van der Waals surface area contributed by atoms with E-state index in [-0.39, 0.29) is 11.5 Å². The minimum Gasteiger partial charge on any atom is -0.492 e. The second kappa shape index (κ2) is 8.36. The van der Waals surface area contributed by atoms with Crippen LogP contribution in [0, 0.1) is 0 Å². The molecule has 162 valence electrons. The van der Waals surface area contributed by atoms with Crippen LogP contribution in [0.5, 0.6) is 5.75 Å². The van der Waals surface area contributed by atoms with Crippen molar-refractivity contribution < 1.29 is 14.3 Å². The molecule has 31 heavy (non-hydrogen) atoms. The third-order valence-corrected chi connectivity index (χ3v) is 6.50. The molecule has 1 fully saturated rings. The predicted octanol–water partition coefficient (Wildman–Crippen LogP) is 3.47. The van der Waals surface area contributed by atoms with Crippen molar-refractivity contribution in [3.8, 4) is 5.75 Å². The molecule has 2 aliphatic heterocycles. The first-order valence-electron chi connectivity index (χ1n) is 11.2. The van der Waals surface area contributed by atoms with Crippen LogP contribution in [0.3, 0.4) is 0 Å². The van der Waals surface area contributed by atoms with Crippen LogP contribution in [0.25, 0.3) is 10.9 Å². The highest BCUT2D eigenvalue weighted by atomic mass is 16.5. The number of benzene rings is 2. The second-order valence-corrected chi connectivity index (χ2v) is 8.41. The summed E-state index contributed by atoms with van der Waals surface area (Å²) in [6.07, 6.45) is 2.02. The Morgan fingerprint density at radius 2 is 2.06 bits per heavy atom. The smallest absolute Gasteiger partial charge is 0.338 e. The molecule has 1 aromatic heterocycles. The summed E-state index contributed by atoms with van der Waals surface area (Å²) in [6.45, 7) is 6.74. The summed E-state index contributed by atoms with van der Waals surface area (Å²) in [5.74, 6) is 0.663. The fraction of sp³-hybridized carbons (Fsp3) is 0.400. The van der Waals surface area contributed by atoms with Crippen molar-refractivity contribution in [3.63, 3.8) is 0 Å². The largest absolute Gasteiger partial charge is 0.492 e. The molecule has 6 heteroatoms. The molecule has 1 spiro atoms. The van der Waals surface area contributed by atoms with Gasteiger partial charge in [0.05, 0.1) is 17.7 Å².